The summed E-state index contributed by atoms with van der Waals surface area (Å²) >= 11 is 1.62. The standard InChI is InChI=1S/C27H32O.C25H32N2O2S.C24H29NO2/c1-5-6-7-20-28-26-18-14-24(15-19-26)22-10-8-21(9-11-22)23-12-16-25(17-13-23)27(2,3)4;1-25(2,3)21-13-9-19(10-14-21)23-26-27-24(30-23)20-11-15-22(16-12-20)29-18-8-6-5-7-17-28-4;1-5-6-7-16-26-21-14-10-19(11-15-21)23-17-22(25-27-23)18-8-12-20(13-9-18)24(2,3)4/h8-19H,5-7,20H2,1-4H3;9-16H,5-8,17-18H2,1-4H3;8-15,17H,5-7,16H2,1-4H3. The summed E-state index contributed by atoms with van der Waals surface area (Å²) in [6, 6.07) is 61.5. The normalized spacial score (nSPS) is 11.5. The SMILES string of the molecule is CCCCCOc1ccc(-c2cc(-c3ccc(C(C)(C)C)cc3)no2)cc1.CCCCCOc1ccc(-c2ccc(-c3ccc(C(C)(C)C)cc3)cc2)cc1.COCCCCCCOc1ccc(-c2nnc(-c3ccc(C(C)(C)C)cc3)s2)cc1. The van der Waals surface area contributed by atoms with E-state index in [2.05, 4.69) is 225 Å². The monoisotopic (exact) mass is 1160 g/mol. The first-order valence-electron chi connectivity index (χ1n) is 30.8. The molecule has 0 aliphatic heterocycles. The molecule has 0 aliphatic rings. The van der Waals surface area contributed by atoms with Crippen LogP contribution in [0.25, 0.3) is 66.0 Å². The minimum atomic E-state index is 0.147. The third-order valence-electron chi connectivity index (χ3n) is 14.9. The van der Waals surface area contributed by atoms with Gasteiger partial charge in [-0.1, -0.05) is 234 Å². The van der Waals surface area contributed by atoms with Crippen molar-refractivity contribution in [1.29, 1.82) is 0 Å². The molecule has 85 heavy (non-hydrogen) atoms. The Labute approximate surface area is 513 Å². The highest BCUT2D eigenvalue weighted by Crippen LogP contribution is 2.34. The molecule has 0 saturated carbocycles. The van der Waals surface area contributed by atoms with E-state index in [4.69, 9.17) is 23.5 Å². The van der Waals surface area contributed by atoms with Crippen molar-refractivity contribution in [3.05, 3.63) is 193 Å². The van der Waals surface area contributed by atoms with Crippen molar-refractivity contribution in [2.45, 2.75) is 157 Å². The summed E-state index contributed by atoms with van der Waals surface area (Å²) in [5.74, 6) is 3.52. The van der Waals surface area contributed by atoms with Gasteiger partial charge in [0.05, 0.1) is 19.8 Å². The predicted molar refractivity (Wildman–Crippen MR) is 357 cm³/mol. The molecule has 8 nitrogen and oxygen atoms in total. The molecule has 0 amide bonds. The third kappa shape index (κ3) is 20.7. The fourth-order valence-corrected chi connectivity index (χ4v) is 10.3. The van der Waals surface area contributed by atoms with E-state index in [1.165, 1.54) is 77.5 Å². The fourth-order valence-electron chi connectivity index (χ4n) is 9.40. The average molecular weight is 1160 g/mol. The lowest BCUT2D eigenvalue weighted by Gasteiger charge is -2.19. The zero-order valence-corrected chi connectivity index (χ0v) is 53.8. The number of ether oxygens (including phenoxy) is 4. The van der Waals surface area contributed by atoms with Gasteiger partial charge in [0.25, 0.3) is 0 Å². The van der Waals surface area contributed by atoms with Crippen LogP contribution in [0.2, 0.25) is 0 Å². The van der Waals surface area contributed by atoms with E-state index in [0.29, 0.717) is 0 Å². The molecule has 0 radical (unpaired) electrons. The van der Waals surface area contributed by atoms with Crippen molar-refractivity contribution >= 4 is 11.3 Å². The highest BCUT2D eigenvalue weighted by molar-refractivity contribution is 7.17. The topological polar surface area (TPSA) is 88.7 Å². The molecule has 0 N–H and O–H groups in total. The van der Waals surface area contributed by atoms with E-state index in [1.807, 2.05) is 42.5 Å². The van der Waals surface area contributed by atoms with Gasteiger partial charge in [0.1, 0.15) is 33.0 Å². The van der Waals surface area contributed by atoms with Crippen LogP contribution in [-0.2, 0) is 21.0 Å². The van der Waals surface area contributed by atoms with Crippen LogP contribution >= 0.6 is 11.3 Å². The molecule has 0 saturated heterocycles. The number of methoxy groups -OCH3 is 1. The smallest absolute Gasteiger partial charge is 0.167 e. The Balaban J connectivity index is 0.000000183. The van der Waals surface area contributed by atoms with E-state index < -0.39 is 0 Å². The van der Waals surface area contributed by atoms with E-state index in [0.717, 1.165) is 113 Å². The van der Waals surface area contributed by atoms with E-state index in [9.17, 15) is 0 Å². The van der Waals surface area contributed by atoms with Gasteiger partial charge in [-0.25, -0.2) is 0 Å². The lowest BCUT2D eigenvalue weighted by molar-refractivity contribution is 0.191. The number of rotatable bonds is 24. The first-order chi connectivity index (χ1) is 40.9. The van der Waals surface area contributed by atoms with Gasteiger partial charge >= 0.3 is 0 Å². The highest BCUT2D eigenvalue weighted by Gasteiger charge is 2.17. The number of benzene rings is 7. The average Bonchev–Trinajstić information content (AvgIpc) is 4.23. The van der Waals surface area contributed by atoms with Crippen LogP contribution < -0.4 is 14.2 Å². The van der Waals surface area contributed by atoms with Crippen molar-refractivity contribution in [3.63, 3.8) is 0 Å². The van der Waals surface area contributed by atoms with Gasteiger partial charge in [-0.2, -0.15) is 0 Å². The Bertz CT molecular complexity index is 3310. The summed E-state index contributed by atoms with van der Waals surface area (Å²) in [6.45, 7) is 27.6. The largest absolute Gasteiger partial charge is 0.494 e. The predicted octanol–water partition coefficient (Wildman–Crippen LogP) is 21.5. The second kappa shape index (κ2) is 32.3. The van der Waals surface area contributed by atoms with Crippen molar-refractivity contribution in [1.82, 2.24) is 15.4 Å². The van der Waals surface area contributed by atoms with Crippen molar-refractivity contribution < 1.29 is 23.5 Å². The molecule has 0 spiro atoms. The van der Waals surface area contributed by atoms with Gasteiger partial charge in [-0.15, -0.1) is 10.2 Å². The van der Waals surface area contributed by atoms with Gasteiger partial charge < -0.3 is 23.5 Å². The fraction of sp³-hybridized carbons (Fsp3) is 0.382. The molecular formula is C76H93N3O5S. The highest BCUT2D eigenvalue weighted by atomic mass is 32.1. The molecule has 9 rings (SSSR count). The lowest BCUT2D eigenvalue weighted by Crippen LogP contribution is -2.10. The Morgan fingerprint density at radius 2 is 0.659 bits per heavy atom. The van der Waals surface area contributed by atoms with Gasteiger partial charge in [0.15, 0.2) is 5.76 Å². The minimum absolute atomic E-state index is 0.147. The van der Waals surface area contributed by atoms with Gasteiger partial charge in [-0.3, -0.25) is 0 Å². The molecule has 0 aliphatic carbocycles. The molecule has 9 heteroatoms. The van der Waals surface area contributed by atoms with Crippen LogP contribution in [0.1, 0.15) is 157 Å². The molecule has 2 heterocycles. The molecule has 0 atom stereocenters. The molecule has 0 fully saturated rings. The summed E-state index contributed by atoms with van der Waals surface area (Å²) in [7, 11) is 1.75. The van der Waals surface area contributed by atoms with Crippen molar-refractivity contribution in [3.8, 4) is 83.2 Å². The van der Waals surface area contributed by atoms with Gasteiger partial charge in [0.2, 0.25) is 0 Å². The molecule has 9 aromatic rings. The summed E-state index contributed by atoms with van der Waals surface area (Å²) in [6.07, 6.45) is 11.6. The van der Waals surface area contributed by atoms with Crippen LogP contribution in [0.15, 0.2) is 180 Å². The summed E-state index contributed by atoms with van der Waals surface area (Å²) in [5, 5.41) is 14.9. The van der Waals surface area contributed by atoms with Gasteiger partial charge in [-0.05, 0) is 148 Å². The number of hydrogen-bond acceptors (Lipinski definition) is 9. The molecule has 7 aromatic carbocycles. The third-order valence-corrected chi connectivity index (χ3v) is 15.9. The van der Waals surface area contributed by atoms with Crippen LogP contribution in [0, 0.1) is 0 Å². The van der Waals surface area contributed by atoms with Gasteiger partial charge in [0, 0.05) is 42.0 Å². The van der Waals surface area contributed by atoms with Crippen LogP contribution in [0.4, 0.5) is 0 Å². The number of unbranched alkanes of at least 4 members (excludes halogenated alkanes) is 7. The lowest BCUT2D eigenvalue weighted by atomic mass is 9.86. The zero-order chi connectivity index (χ0) is 60.7. The first kappa shape index (κ1) is 65.2. The Hall–Kier alpha value is -7.33. The molecule has 0 unspecified atom stereocenters. The van der Waals surface area contributed by atoms with E-state index in [-0.39, 0.29) is 16.2 Å². The Morgan fingerprint density at radius 1 is 0.353 bits per heavy atom. The molecule has 448 valence electrons. The van der Waals surface area contributed by atoms with Crippen LogP contribution in [0.5, 0.6) is 17.2 Å². The van der Waals surface area contributed by atoms with E-state index in [1.54, 1.807) is 18.4 Å². The summed E-state index contributed by atoms with van der Waals surface area (Å²) in [5.41, 5.74) is 14.5. The van der Waals surface area contributed by atoms with Crippen LogP contribution in [-0.4, -0.2) is 48.9 Å². The Kier molecular flexibility index (Phi) is 24.7. The maximum absolute atomic E-state index is 5.85. The number of nitrogens with zero attached hydrogens (tertiary/aromatic N) is 3. The maximum Gasteiger partial charge on any atom is 0.167 e. The Morgan fingerprint density at radius 3 is 1.02 bits per heavy atom. The molecule has 2 aromatic heterocycles. The first-order valence-corrected chi connectivity index (χ1v) is 31.6. The second-order valence-corrected chi connectivity index (χ2v) is 26.0. The maximum atomic E-state index is 5.85. The quantitative estimate of drug-likeness (QED) is 0.0553. The summed E-state index contributed by atoms with van der Waals surface area (Å²) in [4.78, 5) is 0. The minimum Gasteiger partial charge on any atom is -0.494 e. The van der Waals surface area contributed by atoms with E-state index >= 15 is 0 Å². The van der Waals surface area contributed by atoms with Crippen LogP contribution in [0.3, 0.4) is 0 Å². The number of hydrogen-bond donors (Lipinski definition) is 0. The molecule has 0 bridgehead atoms. The number of aromatic nitrogens is 3. The molecular weight excluding hydrogens is 1070 g/mol. The van der Waals surface area contributed by atoms with Crippen molar-refractivity contribution in [2.75, 3.05) is 33.5 Å². The zero-order valence-electron chi connectivity index (χ0n) is 52.9. The second-order valence-electron chi connectivity index (χ2n) is 25.0. The van der Waals surface area contributed by atoms with Crippen molar-refractivity contribution in [2.24, 2.45) is 0 Å². The summed E-state index contributed by atoms with van der Waals surface area (Å²) < 4.78 is 28.1.